The van der Waals surface area contributed by atoms with Crippen molar-refractivity contribution in [3.05, 3.63) is 18.1 Å². The number of nitrogens with zero attached hydrogens (tertiary/aromatic N) is 2. The van der Waals surface area contributed by atoms with Gasteiger partial charge in [0, 0.05) is 24.2 Å². The van der Waals surface area contributed by atoms with Crippen LogP contribution >= 0.6 is 0 Å². The van der Waals surface area contributed by atoms with E-state index in [4.69, 9.17) is 4.74 Å². The molecule has 4 nitrogen and oxygen atoms in total. The molecule has 1 aromatic heterocycles. The second-order valence-corrected chi connectivity index (χ2v) is 5.12. The maximum absolute atomic E-state index is 5.15. The van der Waals surface area contributed by atoms with Crippen LogP contribution in [0.25, 0.3) is 0 Å². The van der Waals surface area contributed by atoms with Crippen LogP contribution < -0.4 is 10.1 Å². The Balaban J connectivity index is 2.02. The first kappa shape index (κ1) is 13.3. The zero-order valence-electron chi connectivity index (χ0n) is 11.5. The molecule has 2 atom stereocenters. The third kappa shape index (κ3) is 3.42. The van der Waals surface area contributed by atoms with Gasteiger partial charge in [-0.25, -0.2) is 9.97 Å². The van der Waals surface area contributed by atoms with E-state index >= 15 is 0 Å². The van der Waals surface area contributed by atoms with Gasteiger partial charge < -0.3 is 10.1 Å². The minimum absolute atomic E-state index is 0.502. The second kappa shape index (κ2) is 6.14. The minimum Gasteiger partial charge on any atom is -0.481 e. The van der Waals surface area contributed by atoms with Gasteiger partial charge in [0.05, 0.1) is 7.11 Å². The van der Waals surface area contributed by atoms with Crippen molar-refractivity contribution in [2.24, 2.45) is 11.8 Å². The molecule has 1 heterocycles. The molecule has 0 saturated heterocycles. The molecule has 0 bridgehead atoms. The van der Waals surface area contributed by atoms with Gasteiger partial charge in [0.2, 0.25) is 5.88 Å². The number of hydrogen-bond donors (Lipinski definition) is 1. The second-order valence-electron chi connectivity index (χ2n) is 5.12. The Morgan fingerprint density at radius 2 is 2.22 bits per heavy atom. The molecule has 0 amide bonds. The molecule has 18 heavy (non-hydrogen) atoms. The summed E-state index contributed by atoms with van der Waals surface area (Å²) < 4.78 is 5.15. The summed E-state index contributed by atoms with van der Waals surface area (Å²) in [6.45, 7) is 5.51. The van der Waals surface area contributed by atoms with Crippen LogP contribution in [0, 0.1) is 11.8 Å². The zero-order chi connectivity index (χ0) is 13.0. The van der Waals surface area contributed by atoms with E-state index in [1.54, 1.807) is 13.4 Å². The van der Waals surface area contributed by atoms with Crippen LogP contribution in [0.5, 0.6) is 5.88 Å². The number of rotatable bonds is 7. The molecule has 100 valence electrons. The lowest BCUT2D eigenvalue weighted by Gasteiger charge is -2.24. The van der Waals surface area contributed by atoms with Gasteiger partial charge in [0.15, 0.2) is 0 Å². The largest absolute Gasteiger partial charge is 0.481 e. The highest BCUT2D eigenvalue weighted by Crippen LogP contribution is 2.38. The van der Waals surface area contributed by atoms with E-state index in [0.717, 1.165) is 24.6 Å². The van der Waals surface area contributed by atoms with Crippen molar-refractivity contribution < 1.29 is 4.74 Å². The number of likely N-dealkylation sites (N-methyl/N-ethyl adjacent to an activating group) is 1. The monoisotopic (exact) mass is 249 g/mol. The van der Waals surface area contributed by atoms with Crippen LogP contribution in [0.4, 0.5) is 0 Å². The molecule has 1 aliphatic carbocycles. The first-order chi connectivity index (χ1) is 8.74. The average Bonchev–Trinajstić information content (AvgIpc) is 3.22. The van der Waals surface area contributed by atoms with Crippen molar-refractivity contribution in [2.45, 2.75) is 39.2 Å². The fourth-order valence-electron chi connectivity index (χ4n) is 2.48. The first-order valence-electron chi connectivity index (χ1n) is 6.82. The van der Waals surface area contributed by atoms with Crippen molar-refractivity contribution in [3.63, 3.8) is 0 Å². The highest BCUT2D eigenvalue weighted by Gasteiger charge is 2.33. The lowest BCUT2D eigenvalue weighted by Crippen LogP contribution is -2.38. The van der Waals surface area contributed by atoms with Crippen LogP contribution in [0.1, 0.15) is 32.4 Å². The molecule has 0 radical (unpaired) electrons. The van der Waals surface area contributed by atoms with Crippen molar-refractivity contribution in [2.75, 3.05) is 13.7 Å². The van der Waals surface area contributed by atoms with Gasteiger partial charge in [-0.2, -0.15) is 0 Å². The third-order valence-electron chi connectivity index (χ3n) is 3.80. The van der Waals surface area contributed by atoms with Gasteiger partial charge in [-0.1, -0.05) is 13.8 Å². The maximum Gasteiger partial charge on any atom is 0.216 e. The van der Waals surface area contributed by atoms with Crippen LogP contribution in [0.3, 0.4) is 0 Å². The summed E-state index contributed by atoms with van der Waals surface area (Å²) in [5.41, 5.74) is 1.06. The number of nitrogens with one attached hydrogen (secondary N) is 1. The number of hydrogen-bond acceptors (Lipinski definition) is 4. The van der Waals surface area contributed by atoms with E-state index in [2.05, 4.69) is 29.1 Å². The highest BCUT2D eigenvalue weighted by atomic mass is 16.5. The van der Waals surface area contributed by atoms with E-state index in [1.807, 2.05) is 6.07 Å². The summed E-state index contributed by atoms with van der Waals surface area (Å²) in [4.78, 5) is 8.39. The normalized spacial score (nSPS) is 18.4. The highest BCUT2D eigenvalue weighted by molar-refractivity contribution is 5.14. The summed E-state index contributed by atoms with van der Waals surface area (Å²) in [5, 5.41) is 3.59. The molecule has 1 N–H and O–H groups in total. The van der Waals surface area contributed by atoms with Crippen LogP contribution in [-0.2, 0) is 6.42 Å². The van der Waals surface area contributed by atoms with Crippen LogP contribution in [0.15, 0.2) is 12.4 Å². The summed E-state index contributed by atoms with van der Waals surface area (Å²) in [6.07, 6.45) is 5.30. The molecular formula is C14H23N3O. The fourth-order valence-corrected chi connectivity index (χ4v) is 2.48. The fraction of sp³-hybridized carbons (Fsp3) is 0.714. The standard InChI is InChI=1S/C14H23N3O/c1-4-15-13(10(2)11-5-6-11)7-12-8-14(18-3)17-9-16-12/h8-11,13,15H,4-7H2,1-3H3. The predicted molar refractivity (Wildman–Crippen MR) is 71.6 cm³/mol. The van der Waals surface area contributed by atoms with Gasteiger partial charge in [-0.3, -0.25) is 0 Å². The molecule has 4 heteroatoms. The predicted octanol–water partition coefficient (Wildman–Crippen LogP) is 2.05. The van der Waals surface area contributed by atoms with Crippen molar-refractivity contribution in [1.29, 1.82) is 0 Å². The number of ether oxygens (including phenoxy) is 1. The Morgan fingerprint density at radius 1 is 1.44 bits per heavy atom. The quantitative estimate of drug-likeness (QED) is 0.803. The minimum atomic E-state index is 0.502. The average molecular weight is 249 g/mol. The Hall–Kier alpha value is -1.16. The Bertz CT molecular complexity index is 379. The first-order valence-corrected chi connectivity index (χ1v) is 6.82. The smallest absolute Gasteiger partial charge is 0.216 e. The number of methoxy groups -OCH3 is 1. The summed E-state index contributed by atoms with van der Waals surface area (Å²) >= 11 is 0. The van der Waals surface area contributed by atoms with Gasteiger partial charge >= 0.3 is 0 Å². The molecule has 0 spiro atoms. The van der Waals surface area contributed by atoms with E-state index in [-0.39, 0.29) is 0 Å². The Labute approximate surface area is 109 Å². The summed E-state index contributed by atoms with van der Waals surface area (Å²) in [5.74, 6) is 2.26. The van der Waals surface area contributed by atoms with E-state index < -0.39 is 0 Å². The van der Waals surface area contributed by atoms with Gasteiger partial charge in [-0.05, 0) is 31.2 Å². The summed E-state index contributed by atoms with van der Waals surface area (Å²) in [6, 6.07) is 2.44. The molecule has 1 aliphatic rings. The maximum atomic E-state index is 5.15. The molecule has 1 aromatic rings. The van der Waals surface area contributed by atoms with Crippen LogP contribution in [-0.4, -0.2) is 29.7 Å². The SMILES string of the molecule is CCNC(Cc1cc(OC)ncn1)C(C)C1CC1. The molecule has 1 saturated carbocycles. The molecule has 2 rings (SSSR count). The third-order valence-corrected chi connectivity index (χ3v) is 3.80. The van der Waals surface area contributed by atoms with E-state index in [1.165, 1.54) is 12.8 Å². The van der Waals surface area contributed by atoms with E-state index in [0.29, 0.717) is 17.8 Å². The molecular weight excluding hydrogens is 226 g/mol. The molecule has 1 fully saturated rings. The number of aromatic nitrogens is 2. The topological polar surface area (TPSA) is 47.0 Å². The molecule has 0 aliphatic heterocycles. The van der Waals surface area contributed by atoms with Gasteiger partial charge in [0.1, 0.15) is 6.33 Å². The van der Waals surface area contributed by atoms with Gasteiger partial charge in [0.25, 0.3) is 0 Å². The van der Waals surface area contributed by atoms with Crippen molar-refractivity contribution in [3.8, 4) is 5.88 Å². The molecule has 0 aromatic carbocycles. The Morgan fingerprint density at radius 3 is 2.83 bits per heavy atom. The Kier molecular flexibility index (Phi) is 4.53. The van der Waals surface area contributed by atoms with E-state index in [9.17, 15) is 0 Å². The van der Waals surface area contributed by atoms with Crippen molar-refractivity contribution >= 4 is 0 Å². The molecule has 2 unspecified atom stereocenters. The van der Waals surface area contributed by atoms with Gasteiger partial charge in [-0.15, -0.1) is 0 Å². The van der Waals surface area contributed by atoms with Crippen LogP contribution in [0.2, 0.25) is 0 Å². The lowest BCUT2D eigenvalue weighted by molar-refractivity contribution is 0.341. The summed E-state index contributed by atoms with van der Waals surface area (Å²) in [7, 11) is 1.64. The zero-order valence-corrected chi connectivity index (χ0v) is 11.5. The van der Waals surface area contributed by atoms with Crippen molar-refractivity contribution in [1.82, 2.24) is 15.3 Å². The lowest BCUT2D eigenvalue weighted by atomic mass is 9.93.